The van der Waals surface area contributed by atoms with Crippen molar-refractivity contribution in [3.05, 3.63) is 0 Å². The molecule has 0 radical (unpaired) electrons. The second kappa shape index (κ2) is 6.89. The Morgan fingerprint density at radius 2 is 1.88 bits per heavy atom. The van der Waals surface area contributed by atoms with E-state index in [0.717, 1.165) is 19.3 Å². The van der Waals surface area contributed by atoms with Crippen LogP contribution in [0.3, 0.4) is 0 Å². The maximum atomic E-state index is 10.6. The largest absolute Gasteiger partial charge is 0.481 e. The lowest BCUT2D eigenvalue weighted by Gasteiger charge is -2.25. The van der Waals surface area contributed by atoms with Gasteiger partial charge in [-0.1, -0.05) is 34.1 Å². The molecule has 2 atom stereocenters. The predicted octanol–water partition coefficient (Wildman–Crippen LogP) is 3.06. The molecule has 2 N–H and O–H groups in total. The van der Waals surface area contributed by atoms with Gasteiger partial charge in [0.2, 0.25) is 0 Å². The van der Waals surface area contributed by atoms with Crippen LogP contribution in [0.4, 0.5) is 0 Å². The normalized spacial score (nSPS) is 15.8. The van der Waals surface area contributed by atoms with Crippen molar-refractivity contribution in [1.29, 1.82) is 0 Å². The average Bonchev–Trinajstić information content (AvgIpc) is 2.14. The van der Waals surface area contributed by atoms with Crippen molar-refractivity contribution >= 4 is 5.97 Å². The molecule has 3 heteroatoms. The first kappa shape index (κ1) is 15.4. The topological polar surface area (TPSA) is 57.5 Å². The monoisotopic (exact) mass is 230 g/mol. The number of carboxylic acids is 1. The van der Waals surface area contributed by atoms with E-state index in [1.165, 1.54) is 0 Å². The van der Waals surface area contributed by atoms with E-state index in [1.54, 1.807) is 6.92 Å². The summed E-state index contributed by atoms with van der Waals surface area (Å²) in [7, 11) is 0. The lowest BCUT2D eigenvalue weighted by atomic mass is 9.82. The van der Waals surface area contributed by atoms with E-state index in [2.05, 4.69) is 20.8 Å². The summed E-state index contributed by atoms with van der Waals surface area (Å²) in [6.45, 7) is 8.20. The Morgan fingerprint density at radius 1 is 1.31 bits per heavy atom. The molecular weight excluding hydrogens is 204 g/mol. The smallest absolute Gasteiger partial charge is 0.306 e. The summed E-state index contributed by atoms with van der Waals surface area (Å²) >= 11 is 0. The fourth-order valence-electron chi connectivity index (χ4n) is 1.99. The van der Waals surface area contributed by atoms with Crippen LogP contribution < -0.4 is 0 Å². The Labute approximate surface area is 98.9 Å². The van der Waals surface area contributed by atoms with Crippen LogP contribution >= 0.6 is 0 Å². The molecule has 0 saturated carbocycles. The third-order valence-electron chi connectivity index (χ3n) is 3.13. The van der Waals surface area contributed by atoms with Gasteiger partial charge in [-0.25, -0.2) is 0 Å². The quantitative estimate of drug-likeness (QED) is 0.673. The molecule has 0 aromatic heterocycles. The zero-order valence-electron chi connectivity index (χ0n) is 11.0. The van der Waals surface area contributed by atoms with E-state index < -0.39 is 18.0 Å². The van der Waals surface area contributed by atoms with Crippen molar-refractivity contribution in [2.24, 2.45) is 11.3 Å². The number of hydrogen-bond donors (Lipinski definition) is 2. The number of rotatable bonds is 8. The molecule has 0 amide bonds. The summed E-state index contributed by atoms with van der Waals surface area (Å²) in [4.78, 5) is 10.6. The van der Waals surface area contributed by atoms with Crippen molar-refractivity contribution in [1.82, 2.24) is 0 Å². The van der Waals surface area contributed by atoms with Crippen LogP contribution in [0.15, 0.2) is 0 Å². The third kappa shape index (κ3) is 6.83. The first-order chi connectivity index (χ1) is 7.28. The van der Waals surface area contributed by atoms with Gasteiger partial charge in [-0.2, -0.15) is 0 Å². The lowest BCUT2D eigenvalue weighted by Crippen LogP contribution is -2.20. The zero-order chi connectivity index (χ0) is 12.8. The van der Waals surface area contributed by atoms with Crippen LogP contribution in [0.1, 0.15) is 59.8 Å². The van der Waals surface area contributed by atoms with Gasteiger partial charge in [-0.05, 0) is 31.1 Å². The van der Waals surface area contributed by atoms with Gasteiger partial charge in [0, 0.05) is 0 Å². The summed E-state index contributed by atoms with van der Waals surface area (Å²) in [6, 6.07) is 0. The number of aliphatic hydroxyl groups excluding tert-OH is 1. The standard InChI is InChI=1S/C13H26O3/c1-5-7-13(3,4)8-6-11(14)9-10(2)12(15)16/h10-11,14H,5-9H2,1-4H3,(H,15,16)/t10-,11-/m1/s1. The lowest BCUT2D eigenvalue weighted by molar-refractivity contribution is -0.142. The van der Waals surface area contributed by atoms with Gasteiger partial charge in [0.05, 0.1) is 12.0 Å². The summed E-state index contributed by atoms with van der Waals surface area (Å²) in [6.07, 6.45) is 3.82. The average molecular weight is 230 g/mol. The van der Waals surface area contributed by atoms with Crippen LogP contribution in [-0.4, -0.2) is 22.3 Å². The van der Waals surface area contributed by atoms with Crippen LogP contribution in [0.2, 0.25) is 0 Å². The number of aliphatic hydroxyl groups is 1. The zero-order valence-corrected chi connectivity index (χ0v) is 11.0. The number of carboxylic acid groups (broad SMARTS) is 1. The molecule has 0 spiro atoms. The Balaban J connectivity index is 3.88. The molecule has 0 rings (SSSR count). The van der Waals surface area contributed by atoms with Crippen molar-refractivity contribution in [3.63, 3.8) is 0 Å². The fourth-order valence-corrected chi connectivity index (χ4v) is 1.99. The fraction of sp³-hybridized carbons (Fsp3) is 0.923. The predicted molar refractivity (Wildman–Crippen MR) is 65.3 cm³/mol. The van der Waals surface area contributed by atoms with Crippen molar-refractivity contribution < 1.29 is 15.0 Å². The second-order valence-corrected chi connectivity index (χ2v) is 5.58. The maximum Gasteiger partial charge on any atom is 0.306 e. The van der Waals surface area contributed by atoms with Gasteiger partial charge in [-0.3, -0.25) is 4.79 Å². The molecule has 0 aromatic carbocycles. The van der Waals surface area contributed by atoms with Gasteiger partial charge in [0.1, 0.15) is 0 Å². The Hall–Kier alpha value is -0.570. The molecule has 0 heterocycles. The summed E-state index contributed by atoms with van der Waals surface area (Å²) < 4.78 is 0. The number of carbonyl (C=O) groups is 1. The van der Waals surface area contributed by atoms with E-state index in [-0.39, 0.29) is 5.41 Å². The molecule has 96 valence electrons. The Bertz CT molecular complexity index is 211. The molecule has 0 saturated heterocycles. The van der Waals surface area contributed by atoms with E-state index in [1.807, 2.05) is 0 Å². The maximum absolute atomic E-state index is 10.6. The van der Waals surface area contributed by atoms with E-state index in [9.17, 15) is 9.90 Å². The number of hydrogen-bond acceptors (Lipinski definition) is 2. The highest BCUT2D eigenvalue weighted by molar-refractivity contribution is 5.69. The first-order valence-electron chi connectivity index (χ1n) is 6.19. The van der Waals surface area contributed by atoms with Crippen LogP contribution in [0.25, 0.3) is 0 Å². The van der Waals surface area contributed by atoms with Crippen molar-refractivity contribution in [3.8, 4) is 0 Å². The molecular formula is C13H26O3. The van der Waals surface area contributed by atoms with Crippen LogP contribution in [-0.2, 0) is 4.79 Å². The Morgan fingerprint density at radius 3 is 2.31 bits per heavy atom. The molecule has 0 aliphatic carbocycles. The minimum atomic E-state index is -0.827. The molecule has 0 bridgehead atoms. The minimum Gasteiger partial charge on any atom is -0.481 e. The molecule has 0 fully saturated rings. The molecule has 3 nitrogen and oxygen atoms in total. The van der Waals surface area contributed by atoms with Gasteiger partial charge in [0.15, 0.2) is 0 Å². The van der Waals surface area contributed by atoms with Gasteiger partial charge < -0.3 is 10.2 Å². The van der Waals surface area contributed by atoms with E-state index in [4.69, 9.17) is 5.11 Å². The molecule has 0 unspecified atom stereocenters. The van der Waals surface area contributed by atoms with Crippen molar-refractivity contribution in [2.75, 3.05) is 0 Å². The second-order valence-electron chi connectivity index (χ2n) is 5.58. The Kier molecular flexibility index (Phi) is 6.65. The van der Waals surface area contributed by atoms with Crippen molar-refractivity contribution in [2.45, 2.75) is 65.9 Å². The summed E-state index contributed by atoms with van der Waals surface area (Å²) in [5, 5.41) is 18.5. The minimum absolute atomic E-state index is 0.252. The number of aliphatic carboxylic acids is 1. The van der Waals surface area contributed by atoms with Gasteiger partial charge in [-0.15, -0.1) is 0 Å². The highest BCUT2D eigenvalue weighted by Crippen LogP contribution is 2.29. The molecule has 0 aliphatic heterocycles. The summed E-state index contributed by atoms with van der Waals surface area (Å²) in [5.74, 6) is -1.28. The van der Waals surface area contributed by atoms with Crippen LogP contribution in [0, 0.1) is 11.3 Å². The third-order valence-corrected chi connectivity index (χ3v) is 3.13. The first-order valence-corrected chi connectivity index (χ1v) is 6.19. The van der Waals surface area contributed by atoms with Gasteiger partial charge in [0.25, 0.3) is 0 Å². The van der Waals surface area contributed by atoms with E-state index in [0.29, 0.717) is 12.8 Å². The summed E-state index contributed by atoms with van der Waals surface area (Å²) in [5.41, 5.74) is 0.252. The van der Waals surface area contributed by atoms with Gasteiger partial charge >= 0.3 is 5.97 Å². The SMILES string of the molecule is CCCC(C)(C)CC[C@@H](O)C[C@@H](C)C(=O)O. The molecule has 0 aromatic rings. The van der Waals surface area contributed by atoms with Crippen LogP contribution in [0.5, 0.6) is 0 Å². The molecule has 16 heavy (non-hydrogen) atoms. The van der Waals surface area contributed by atoms with E-state index >= 15 is 0 Å². The molecule has 0 aliphatic rings. The highest BCUT2D eigenvalue weighted by atomic mass is 16.4. The highest BCUT2D eigenvalue weighted by Gasteiger charge is 2.21.